The van der Waals surface area contributed by atoms with Gasteiger partial charge in [-0.05, 0) is 30.5 Å². The molecule has 0 radical (unpaired) electrons. The van der Waals surface area contributed by atoms with Crippen LogP contribution in [0.3, 0.4) is 0 Å². The van der Waals surface area contributed by atoms with Crippen LogP contribution >= 0.6 is 0 Å². The number of hydrogen-bond donors (Lipinski definition) is 1. The Morgan fingerprint density at radius 3 is 2.80 bits per heavy atom. The molecule has 1 aliphatic rings. The summed E-state index contributed by atoms with van der Waals surface area (Å²) in [6.07, 6.45) is 9.01. The predicted molar refractivity (Wildman–Crippen MR) is 80.6 cm³/mol. The van der Waals surface area contributed by atoms with E-state index in [1.54, 1.807) is 0 Å². The molecule has 1 heterocycles. The van der Waals surface area contributed by atoms with Crippen LogP contribution in [0, 0.1) is 0 Å². The molecule has 0 spiro atoms. The zero-order valence-corrected chi connectivity index (χ0v) is 11.6. The van der Waals surface area contributed by atoms with E-state index in [1.807, 2.05) is 30.5 Å². The van der Waals surface area contributed by atoms with Gasteiger partial charge in [0.25, 0.3) is 0 Å². The quantitative estimate of drug-likeness (QED) is 0.864. The molecule has 1 fully saturated rings. The Morgan fingerprint density at radius 1 is 1.20 bits per heavy atom. The normalized spacial score (nSPS) is 18.0. The van der Waals surface area contributed by atoms with Gasteiger partial charge in [0.05, 0.1) is 11.6 Å². The van der Waals surface area contributed by atoms with Crippen molar-refractivity contribution in [3.63, 3.8) is 0 Å². The van der Waals surface area contributed by atoms with Crippen molar-refractivity contribution in [3.8, 4) is 0 Å². The monoisotopic (exact) mass is 268 g/mol. The molecule has 2 aromatic rings. The van der Waals surface area contributed by atoms with E-state index in [2.05, 4.69) is 16.4 Å². The molecule has 3 nitrogen and oxygen atoms in total. The van der Waals surface area contributed by atoms with Crippen molar-refractivity contribution in [1.29, 1.82) is 0 Å². The number of rotatable bonds is 4. The smallest absolute Gasteiger partial charge is 0.141 e. The molecule has 1 atom stereocenters. The van der Waals surface area contributed by atoms with E-state index >= 15 is 0 Å². The molecule has 1 aliphatic carbocycles. The van der Waals surface area contributed by atoms with Crippen molar-refractivity contribution < 1.29 is 4.79 Å². The first-order valence-electron chi connectivity index (χ1n) is 7.43. The van der Waals surface area contributed by atoms with Crippen LogP contribution < -0.4 is 5.32 Å². The van der Waals surface area contributed by atoms with Gasteiger partial charge in [0.1, 0.15) is 6.29 Å². The van der Waals surface area contributed by atoms with Crippen molar-refractivity contribution in [1.82, 2.24) is 10.3 Å². The maximum absolute atomic E-state index is 11.4. The first-order valence-corrected chi connectivity index (χ1v) is 7.43. The first-order chi connectivity index (χ1) is 9.86. The summed E-state index contributed by atoms with van der Waals surface area (Å²) in [6.45, 7) is 0. The van der Waals surface area contributed by atoms with Crippen LogP contribution in [0.25, 0.3) is 10.9 Å². The number of carbonyl (C=O) groups is 1. The van der Waals surface area contributed by atoms with Gasteiger partial charge < -0.3 is 10.1 Å². The molecule has 3 heteroatoms. The van der Waals surface area contributed by atoms with Gasteiger partial charge in [-0.15, -0.1) is 0 Å². The minimum absolute atomic E-state index is 0.241. The molecule has 1 unspecified atom stereocenters. The van der Waals surface area contributed by atoms with Crippen LogP contribution in [-0.2, 0) is 4.79 Å². The lowest BCUT2D eigenvalue weighted by Gasteiger charge is -2.26. The molecular weight excluding hydrogens is 248 g/mol. The number of nitrogens with zero attached hydrogens (tertiary/aromatic N) is 1. The fourth-order valence-corrected chi connectivity index (χ4v) is 3.00. The average Bonchev–Trinajstić information content (AvgIpc) is 2.53. The standard InChI is InChI=1S/C17H20N2O/c20-12-17(19-15-7-2-1-3-8-15)14-10-13-6-4-5-9-16(13)18-11-14/h4-6,9-12,15,17,19H,1-3,7-8H2. The second-order valence-corrected chi connectivity index (χ2v) is 5.58. The van der Waals surface area contributed by atoms with Crippen LogP contribution in [0.4, 0.5) is 0 Å². The predicted octanol–water partition coefficient (Wildman–Crippen LogP) is 3.40. The number of fused-ring (bicyclic) bond motifs is 1. The molecule has 20 heavy (non-hydrogen) atoms. The summed E-state index contributed by atoms with van der Waals surface area (Å²) in [6, 6.07) is 10.3. The van der Waals surface area contributed by atoms with E-state index in [9.17, 15) is 4.79 Å². The molecule has 1 aromatic heterocycles. The van der Waals surface area contributed by atoms with Gasteiger partial charge in [-0.2, -0.15) is 0 Å². The Labute approximate surface area is 119 Å². The topological polar surface area (TPSA) is 42.0 Å². The molecular formula is C17H20N2O. The van der Waals surface area contributed by atoms with Gasteiger partial charge in [0, 0.05) is 17.6 Å². The number of benzene rings is 1. The van der Waals surface area contributed by atoms with Crippen LogP contribution in [0.2, 0.25) is 0 Å². The lowest BCUT2D eigenvalue weighted by molar-refractivity contribution is -0.109. The molecule has 1 saturated carbocycles. The van der Waals surface area contributed by atoms with Crippen molar-refractivity contribution in [2.45, 2.75) is 44.2 Å². The molecule has 1 aromatic carbocycles. The second-order valence-electron chi connectivity index (χ2n) is 5.58. The summed E-state index contributed by atoms with van der Waals surface area (Å²) in [4.78, 5) is 15.9. The Balaban J connectivity index is 1.81. The summed E-state index contributed by atoms with van der Waals surface area (Å²) in [7, 11) is 0. The highest BCUT2D eigenvalue weighted by Gasteiger charge is 2.19. The van der Waals surface area contributed by atoms with Crippen LogP contribution in [-0.4, -0.2) is 17.3 Å². The average molecular weight is 268 g/mol. The molecule has 0 saturated heterocycles. The number of aldehydes is 1. The highest BCUT2D eigenvalue weighted by molar-refractivity contribution is 5.79. The summed E-state index contributed by atoms with van der Waals surface area (Å²) in [5.74, 6) is 0. The summed E-state index contributed by atoms with van der Waals surface area (Å²) < 4.78 is 0. The number of para-hydroxylation sites is 1. The molecule has 1 N–H and O–H groups in total. The van der Waals surface area contributed by atoms with E-state index in [-0.39, 0.29) is 6.04 Å². The number of carbonyl (C=O) groups excluding carboxylic acids is 1. The van der Waals surface area contributed by atoms with Gasteiger partial charge in [-0.25, -0.2) is 0 Å². The van der Waals surface area contributed by atoms with E-state index in [0.29, 0.717) is 6.04 Å². The third-order valence-corrected chi connectivity index (χ3v) is 4.13. The summed E-state index contributed by atoms with van der Waals surface area (Å²) >= 11 is 0. The third kappa shape index (κ3) is 2.88. The van der Waals surface area contributed by atoms with Crippen LogP contribution in [0.1, 0.15) is 43.7 Å². The minimum Gasteiger partial charge on any atom is -0.301 e. The lowest BCUT2D eigenvalue weighted by atomic mass is 9.94. The number of hydrogen-bond acceptors (Lipinski definition) is 3. The molecule has 3 rings (SSSR count). The fourth-order valence-electron chi connectivity index (χ4n) is 3.00. The number of aromatic nitrogens is 1. The fraction of sp³-hybridized carbons (Fsp3) is 0.412. The maximum Gasteiger partial charge on any atom is 0.141 e. The zero-order chi connectivity index (χ0) is 13.8. The van der Waals surface area contributed by atoms with Gasteiger partial charge >= 0.3 is 0 Å². The van der Waals surface area contributed by atoms with E-state index in [4.69, 9.17) is 0 Å². The van der Waals surface area contributed by atoms with Crippen molar-refractivity contribution in [2.75, 3.05) is 0 Å². The van der Waals surface area contributed by atoms with Crippen LogP contribution in [0.15, 0.2) is 36.5 Å². The largest absolute Gasteiger partial charge is 0.301 e. The van der Waals surface area contributed by atoms with Gasteiger partial charge in [0.15, 0.2) is 0 Å². The second kappa shape index (κ2) is 6.14. The number of pyridine rings is 1. The number of nitrogens with one attached hydrogen (secondary N) is 1. The lowest BCUT2D eigenvalue weighted by Crippen LogP contribution is -2.35. The van der Waals surface area contributed by atoms with E-state index in [0.717, 1.165) is 22.8 Å². The Morgan fingerprint density at radius 2 is 2.00 bits per heavy atom. The SMILES string of the molecule is O=CC(NC1CCCCC1)c1cnc2ccccc2c1. The van der Waals surface area contributed by atoms with Gasteiger partial charge in [0.2, 0.25) is 0 Å². The van der Waals surface area contributed by atoms with Crippen molar-refractivity contribution >= 4 is 17.2 Å². The highest BCUT2D eigenvalue weighted by atomic mass is 16.1. The molecule has 0 bridgehead atoms. The molecule has 0 aliphatic heterocycles. The Bertz CT molecular complexity index is 590. The zero-order valence-electron chi connectivity index (χ0n) is 11.6. The Kier molecular flexibility index (Phi) is 4.07. The summed E-state index contributed by atoms with van der Waals surface area (Å²) in [5, 5.41) is 4.56. The van der Waals surface area contributed by atoms with Crippen molar-refractivity contribution in [2.24, 2.45) is 0 Å². The highest BCUT2D eigenvalue weighted by Crippen LogP contribution is 2.22. The molecule has 0 amide bonds. The third-order valence-electron chi connectivity index (χ3n) is 4.13. The first kappa shape index (κ1) is 13.3. The molecule has 104 valence electrons. The maximum atomic E-state index is 11.4. The van der Waals surface area contributed by atoms with Gasteiger partial charge in [-0.1, -0.05) is 37.5 Å². The van der Waals surface area contributed by atoms with Crippen LogP contribution in [0.5, 0.6) is 0 Å². The van der Waals surface area contributed by atoms with E-state index < -0.39 is 0 Å². The van der Waals surface area contributed by atoms with Gasteiger partial charge in [-0.3, -0.25) is 4.98 Å². The Hall–Kier alpha value is -1.74. The minimum atomic E-state index is -0.241. The summed E-state index contributed by atoms with van der Waals surface area (Å²) in [5.41, 5.74) is 1.93. The van der Waals surface area contributed by atoms with Crippen molar-refractivity contribution in [3.05, 3.63) is 42.1 Å². The van der Waals surface area contributed by atoms with E-state index in [1.165, 1.54) is 32.1 Å².